The highest BCUT2D eigenvalue weighted by molar-refractivity contribution is 6.35. The van der Waals surface area contributed by atoms with Crippen LogP contribution in [0.25, 0.3) is 11.3 Å². The van der Waals surface area contributed by atoms with E-state index in [1.165, 1.54) is 12.3 Å². The summed E-state index contributed by atoms with van der Waals surface area (Å²) >= 11 is 17.6. The van der Waals surface area contributed by atoms with Crippen LogP contribution in [0.5, 0.6) is 5.75 Å². The predicted molar refractivity (Wildman–Crippen MR) is 107 cm³/mol. The molecule has 3 aromatic rings. The van der Waals surface area contributed by atoms with Crippen LogP contribution in [0.3, 0.4) is 0 Å². The summed E-state index contributed by atoms with van der Waals surface area (Å²) in [6.45, 7) is -0.243. The predicted octanol–water partition coefficient (Wildman–Crippen LogP) is 5.44. The van der Waals surface area contributed by atoms with Gasteiger partial charge in [0.05, 0.1) is 11.2 Å². The van der Waals surface area contributed by atoms with Gasteiger partial charge in [0.1, 0.15) is 17.3 Å². The Morgan fingerprint density at radius 3 is 2.52 bits per heavy atom. The van der Waals surface area contributed by atoms with Crippen molar-refractivity contribution in [2.24, 2.45) is 5.10 Å². The lowest BCUT2D eigenvalue weighted by Crippen LogP contribution is -2.24. The number of halogens is 3. The molecule has 1 amide bonds. The van der Waals surface area contributed by atoms with E-state index in [0.29, 0.717) is 32.3 Å². The highest BCUT2D eigenvalue weighted by Gasteiger charge is 2.06. The van der Waals surface area contributed by atoms with Crippen molar-refractivity contribution in [3.05, 3.63) is 75.4 Å². The summed E-state index contributed by atoms with van der Waals surface area (Å²) in [5.41, 5.74) is 3.23. The van der Waals surface area contributed by atoms with E-state index in [0.717, 1.165) is 5.56 Å². The number of ether oxygens (including phenoxy) is 1. The molecule has 1 heterocycles. The van der Waals surface area contributed by atoms with Crippen molar-refractivity contribution in [1.29, 1.82) is 0 Å². The summed E-state index contributed by atoms with van der Waals surface area (Å²) in [5.74, 6) is 1.07. The molecule has 0 saturated heterocycles. The monoisotopic (exact) mass is 422 g/mol. The van der Waals surface area contributed by atoms with Crippen molar-refractivity contribution in [2.45, 2.75) is 0 Å². The number of benzene rings is 2. The fraction of sp³-hybridized carbons (Fsp3) is 0.0526. The van der Waals surface area contributed by atoms with Crippen LogP contribution in [0.2, 0.25) is 15.1 Å². The number of hydrogen-bond donors (Lipinski definition) is 1. The van der Waals surface area contributed by atoms with Crippen LogP contribution in [0.4, 0.5) is 0 Å². The number of furan rings is 1. The average Bonchev–Trinajstić information content (AvgIpc) is 3.10. The molecular weight excluding hydrogens is 411 g/mol. The Bertz CT molecular complexity index is 969. The van der Waals surface area contributed by atoms with E-state index in [1.54, 1.807) is 36.4 Å². The first-order chi connectivity index (χ1) is 13.0. The molecule has 0 spiro atoms. The van der Waals surface area contributed by atoms with Crippen LogP contribution in [-0.2, 0) is 4.79 Å². The van der Waals surface area contributed by atoms with E-state index < -0.39 is 5.91 Å². The van der Waals surface area contributed by atoms with Gasteiger partial charge >= 0.3 is 0 Å². The minimum atomic E-state index is -0.443. The molecule has 0 atom stereocenters. The summed E-state index contributed by atoms with van der Waals surface area (Å²) in [4.78, 5) is 11.8. The molecule has 0 unspecified atom stereocenters. The molecule has 0 saturated carbocycles. The summed E-state index contributed by atoms with van der Waals surface area (Å²) in [7, 11) is 0. The zero-order valence-electron chi connectivity index (χ0n) is 13.8. The number of carbonyl (C=O) groups is 1. The maximum absolute atomic E-state index is 11.8. The van der Waals surface area contributed by atoms with Gasteiger partial charge in [0.25, 0.3) is 5.91 Å². The molecule has 5 nitrogen and oxygen atoms in total. The Morgan fingerprint density at radius 1 is 1.04 bits per heavy atom. The van der Waals surface area contributed by atoms with Crippen LogP contribution < -0.4 is 10.2 Å². The fourth-order valence-electron chi connectivity index (χ4n) is 2.13. The highest BCUT2D eigenvalue weighted by atomic mass is 35.5. The summed E-state index contributed by atoms with van der Waals surface area (Å²) < 4.78 is 11.0. The van der Waals surface area contributed by atoms with Gasteiger partial charge in [-0.3, -0.25) is 4.79 Å². The summed E-state index contributed by atoms with van der Waals surface area (Å²) in [5, 5.41) is 5.30. The molecule has 0 fully saturated rings. The van der Waals surface area contributed by atoms with Gasteiger partial charge in [-0.15, -0.1) is 0 Å². The Hall–Kier alpha value is -2.47. The van der Waals surface area contributed by atoms with Crippen LogP contribution in [0, 0.1) is 0 Å². The average molecular weight is 424 g/mol. The third-order valence-corrected chi connectivity index (χ3v) is 4.17. The Kier molecular flexibility index (Phi) is 6.40. The number of nitrogens with one attached hydrogen (secondary N) is 1. The maximum Gasteiger partial charge on any atom is 0.277 e. The molecule has 0 aliphatic heterocycles. The number of amides is 1. The second-order valence-electron chi connectivity index (χ2n) is 5.37. The lowest BCUT2D eigenvalue weighted by Gasteiger charge is -2.06. The molecule has 3 rings (SSSR count). The molecule has 0 aliphatic rings. The first-order valence-electron chi connectivity index (χ1n) is 7.77. The topological polar surface area (TPSA) is 63.8 Å². The fourth-order valence-corrected chi connectivity index (χ4v) is 2.72. The Balaban J connectivity index is 1.51. The molecule has 0 radical (unpaired) electrons. The van der Waals surface area contributed by atoms with Crippen molar-refractivity contribution in [2.75, 3.05) is 6.61 Å². The molecule has 8 heteroatoms. The molecule has 0 bridgehead atoms. The van der Waals surface area contributed by atoms with Gasteiger partial charge in [0.2, 0.25) is 0 Å². The lowest BCUT2D eigenvalue weighted by atomic mass is 10.2. The molecule has 1 aromatic heterocycles. The molecular formula is C19H13Cl3N2O3. The molecule has 0 aliphatic carbocycles. The van der Waals surface area contributed by atoms with Crippen LogP contribution in [0.15, 0.2) is 64.1 Å². The van der Waals surface area contributed by atoms with Crippen LogP contribution >= 0.6 is 34.8 Å². The Morgan fingerprint density at radius 2 is 1.78 bits per heavy atom. The SMILES string of the molecule is O=C(COc1ccc(Cl)cc1Cl)N/N=C\c1ccc(-c2ccc(Cl)cc2)o1. The standard InChI is InChI=1S/C19H13Cl3N2O3/c20-13-3-1-12(2-4-13)17-8-6-15(27-17)10-23-24-19(25)11-26-18-7-5-14(21)9-16(18)22/h1-10H,11H2,(H,24,25)/b23-10-. The Labute approximate surface area is 170 Å². The largest absolute Gasteiger partial charge is 0.482 e. The number of rotatable bonds is 6. The van der Waals surface area contributed by atoms with E-state index in [9.17, 15) is 4.79 Å². The van der Waals surface area contributed by atoms with Crippen molar-refractivity contribution in [3.8, 4) is 17.1 Å². The van der Waals surface area contributed by atoms with Crippen molar-refractivity contribution in [1.82, 2.24) is 5.43 Å². The van der Waals surface area contributed by atoms with Gasteiger partial charge in [0.15, 0.2) is 6.61 Å². The number of hydrazone groups is 1. The second kappa shape index (κ2) is 8.95. The first kappa shape index (κ1) is 19.3. The quantitative estimate of drug-likeness (QED) is 0.424. The third kappa shape index (κ3) is 5.50. The maximum atomic E-state index is 11.8. The number of carbonyl (C=O) groups excluding carboxylic acids is 1. The second-order valence-corrected chi connectivity index (χ2v) is 6.65. The van der Waals surface area contributed by atoms with E-state index in [4.69, 9.17) is 44.0 Å². The molecule has 2 aromatic carbocycles. The summed E-state index contributed by atoms with van der Waals surface area (Å²) in [6, 6.07) is 15.5. The third-order valence-electron chi connectivity index (χ3n) is 3.39. The molecule has 27 heavy (non-hydrogen) atoms. The van der Waals surface area contributed by atoms with Crippen molar-refractivity contribution >= 4 is 46.9 Å². The first-order valence-corrected chi connectivity index (χ1v) is 8.90. The lowest BCUT2D eigenvalue weighted by molar-refractivity contribution is -0.123. The van der Waals surface area contributed by atoms with Crippen LogP contribution in [-0.4, -0.2) is 18.7 Å². The highest BCUT2D eigenvalue weighted by Crippen LogP contribution is 2.27. The number of nitrogens with zero attached hydrogens (tertiary/aromatic N) is 1. The minimum absolute atomic E-state index is 0.243. The van der Waals surface area contributed by atoms with Crippen molar-refractivity contribution in [3.63, 3.8) is 0 Å². The number of hydrogen-bond acceptors (Lipinski definition) is 4. The van der Waals surface area contributed by atoms with Gasteiger partial charge in [-0.05, 0) is 54.6 Å². The van der Waals surface area contributed by atoms with Gasteiger partial charge in [0, 0.05) is 15.6 Å². The smallest absolute Gasteiger partial charge is 0.277 e. The van der Waals surface area contributed by atoms with E-state index >= 15 is 0 Å². The van der Waals surface area contributed by atoms with Gasteiger partial charge in [-0.1, -0.05) is 34.8 Å². The zero-order valence-corrected chi connectivity index (χ0v) is 16.1. The van der Waals surface area contributed by atoms with Gasteiger partial charge in [-0.25, -0.2) is 5.43 Å². The minimum Gasteiger partial charge on any atom is -0.482 e. The van der Waals surface area contributed by atoms with Crippen molar-refractivity contribution < 1.29 is 13.9 Å². The zero-order chi connectivity index (χ0) is 19.2. The van der Waals surface area contributed by atoms with Crippen LogP contribution in [0.1, 0.15) is 5.76 Å². The van der Waals surface area contributed by atoms with E-state index in [1.807, 2.05) is 12.1 Å². The normalized spacial score (nSPS) is 10.9. The van der Waals surface area contributed by atoms with E-state index in [2.05, 4.69) is 10.5 Å². The summed E-state index contributed by atoms with van der Waals surface area (Å²) in [6.07, 6.45) is 1.40. The van der Waals surface area contributed by atoms with Gasteiger partial charge < -0.3 is 9.15 Å². The van der Waals surface area contributed by atoms with Gasteiger partial charge in [-0.2, -0.15) is 5.10 Å². The van der Waals surface area contributed by atoms with E-state index in [-0.39, 0.29) is 6.61 Å². The molecule has 138 valence electrons. The molecule has 1 N–H and O–H groups in total.